The van der Waals surface area contributed by atoms with E-state index in [0.717, 1.165) is 21.8 Å². The lowest BCUT2D eigenvalue weighted by atomic mass is 10.1. The Balaban J connectivity index is 1.33. The van der Waals surface area contributed by atoms with Crippen molar-refractivity contribution in [2.75, 3.05) is 18.0 Å². The maximum atomic E-state index is 13.1. The third kappa shape index (κ3) is 3.30. The summed E-state index contributed by atoms with van der Waals surface area (Å²) in [7, 11) is -3.36. The molecule has 0 bridgehead atoms. The Morgan fingerprint density at radius 3 is 2.55 bits per heavy atom. The van der Waals surface area contributed by atoms with Gasteiger partial charge in [0.1, 0.15) is 11.8 Å². The minimum Gasteiger partial charge on any atom is -0.355 e. The van der Waals surface area contributed by atoms with Gasteiger partial charge < -0.3 is 9.88 Å². The highest BCUT2D eigenvalue weighted by Crippen LogP contribution is 2.30. The lowest BCUT2D eigenvalue weighted by Crippen LogP contribution is -2.39. The molecule has 0 atom stereocenters. The average molecular weight is 426 g/mol. The van der Waals surface area contributed by atoms with Crippen molar-refractivity contribution in [3.8, 4) is 10.4 Å². The number of nitrogens with one attached hydrogen (secondary N) is 1. The van der Waals surface area contributed by atoms with E-state index in [-0.39, 0.29) is 5.25 Å². The normalized spacial score (nSPS) is 15.8. The van der Waals surface area contributed by atoms with Crippen molar-refractivity contribution in [3.05, 3.63) is 54.4 Å². The van der Waals surface area contributed by atoms with E-state index < -0.39 is 9.84 Å². The van der Waals surface area contributed by atoms with E-state index in [1.165, 1.54) is 6.33 Å². The molecule has 3 aromatic heterocycles. The first-order valence-corrected chi connectivity index (χ1v) is 11.8. The Morgan fingerprint density at radius 2 is 1.83 bits per heavy atom. The molecule has 0 aliphatic carbocycles. The number of rotatable bonds is 4. The van der Waals surface area contributed by atoms with Gasteiger partial charge in [0.25, 0.3) is 0 Å². The fourth-order valence-electron chi connectivity index (χ4n) is 3.81. The Morgan fingerprint density at radius 1 is 1.03 bits per heavy atom. The summed E-state index contributed by atoms with van der Waals surface area (Å²) >= 11 is 1.64. The van der Waals surface area contributed by atoms with Crippen LogP contribution in [0.2, 0.25) is 0 Å². The summed E-state index contributed by atoms with van der Waals surface area (Å²) in [6, 6.07) is 11.3. The number of nitrogens with zero attached hydrogens (tertiary/aromatic N) is 4. The monoisotopic (exact) mass is 425 g/mol. The van der Waals surface area contributed by atoms with Gasteiger partial charge in [-0.25, -0.2) is 23.4 Å². The van der Waals surface area contributed by atoms with E-state index in [4.69, 9.17) is 0 Å². The highest BCUT2D eigenvalue weighted by atomic mass is 32.2. The van der Waals surface area contributed by atoms with Crippen LogP contribution in [0.3, 0.4) is 0 Å². The van der Waals surface area contributed by atoms with Gasteiger partial charge in [-0.05, 0) is 42.0 Å². The minimum atomic E-state index is -3.36. The Hall–Kier alpha value is -2.78. The van der Waals surface area contributed by atoms with Crippen molar-refractivity contribution in [1.82, 2.24) is 19.9 Å². The molecule has 0 spiro atoms. The van der Waals surface area contributed by atoms with E-state index in [0.29, 0.717) is 36.5 Å². The van der Waals surface area contributed by atoms with E-state index in [1.54, 1.807) is 29.8 Å². The van der Waals surface area contributed by atoms with Crippen LogP contribution < -0.4 is 4.90 Å². The molecule has 148 valence electrons. The molecule has 29 heavy (non-hydrogen) atoms. The number of imidazole rings is 1. The lowest BCUT2D eigenvalue weighted by molar-refractivity contribution is 0.528. The number of fused-ring (bicyclic) bond motifs is 1. The highest BCUT2D eigenvalue weighted by molar-refractivity contribution is 7.92. The Bertz CT molecular complexity index is 1230. The summed E-state index contributed by atoms with van der Waals surface area (Å²) in [6.45, 7) is 1.25. The summed E-state index contributed by atoms with van der Waals surface area (Å²) in [5.41, 5.74) is 2.45. The first-order chi connectivity index (χ1) is 14.1. The topological polar surface area (TPSA) is 91.8 Å². The molecule has 7 nitrogen and oxygen atoms in total. The molecule has 5 rings (SSSR count). The summed E-state index contributed by atoms with van der Waals surface area (Å²) in [6.07, 6.45) is 4.22. The minimum absolute atomic E-state index is 0.384. The van der Waals surface area contributed by atoms with Gasteiger partial charge in [-0.3, -0.25) is 0 Å². The fourth-order valence-corrected chi connectivity index (χ4v) is 6.28. The van der Waals surface area contributed by atoms with Gasteiger partial charge in [-0.15, -0.1) is 11.3 Å². The number of benzene rings is 1. The van der Waals surface area contributed by atoms with Crippen LogP contribution >= 0.6 is 11.3 Å². The molecule has 4 aromatic rings. The molecule has 1 aromatic carbocycles. The zero-order valence-corrected chi connectivity index (χ0v) is 17.2. The molecule has 0 amide bonds. The van der Waals surface area contributed by atoms with Crippen LogP contribution in [0.25, 0.3) is 21.6 Å². The molecule has 4 heterocycles. The maximum Gasteiger partial charge on any atom is 0.182 e. The second-order valence-corrected chi connectivity index (χ2v) is 10.2. The molecule has 0 unspecified atom stereocenters. The number of hydrogen-bond donors (Lipinski definition) is 1. The zero-order valence-electron chi connectivity index (χ0n) is 15.5. The summed E-state index contributed by atoms with van der Waals surface area (Å²) in [5.74, 6) is 0.781. The number of piperidine rings is 1. The van der Waals surface area contributed by atoms with Crippen molar-refractivity contribution in [2.24, 2.45) is 0 Å². The highest BCUT2D eigenvalue weighted by Gasteiger charge is 2.32. The van der Waals surface area contributed by atoms with Gasteiger partial charge in [-0.2, -0.15) is 0 Å². The second-order valence-electron chi connectivity index (χ2n) is 7.03. The van der Waals surface area contributed by atoms with E-state index >= 15 is 0 Å². The quantitative estimate of drug-likeness (QED) is 0.538. The average Bonchev–Trinajstić information content (AvgIpc) is 3.46. The molecule has 0 saturated carbocycles. The zero-order chi connectivity index (χ0) is 19.8. The van der Waals surface area contributed by atoms with Crippen molar-refractivity contribution >= 4 is 38.2 Å². The van der Waals surface area contributed by atoms with Crippen LogP contribution in [-0.2, 0) is 9.84 Å². The predicted molar refractivity (Wildman–Crippen MR) is 114 cm³/mol. The van der Waals surface area contributed by atoms with Gasteiger partial charge in [0, 0.05) is 18.0 Å². The van der Waals surface area contributed by atoms with E-state index in [9.17, 15) is 8.42 Å². The van der Waals surface area contributed by atoms with Crippen molar-refractivity contribution in [3.63, 3.8) is 0 Å². The van der Waals surface area contributed by atoms with Crippen LogP contribution in [0.15, 0.2) is 59.3 Å². The molecule has 1 aliphatic heterocycles. The molecule has 1 saturated heterocycles. The van der Waals surface area contributed by atoms with Crippen LogP contribution in [0.1, 0.15) is 12.8 Å². The number of sulfone groups is 1. The van der Waals surface area contributed by atoms with Gasteiger partial charge in [0.05, 0.1) is 16.5 Å². The number of H-pyrrole nitrogens is 1. The second kappa shape index (κ2) is 7.23. The van der Waals surface area contributed by atoms with Crippen LogP contribution in [0.5, 0.6) is 0 Å². The number of aromatic nitrogens is 4. The lowest BCUT2D eigenvalue weighted by Gasteiger charge is -2.32. The first-order valence-electron chi connectivity index (χ1n) is 9.40. The number of hydrogen-bond acceptors (Lipinski definition) is 7. The molecule has 1 aliphatic rings. The third-order valence-corrected chi connectivity index (χ3v) is 8.57. The van der Waals surface area contributed by atoms with Gasteiger partial charge in [-0.1, -0.05) is 18.2 Å². The number of aromatic amines is 1. The summed E-state index contributed by atoms with van der Waals surface area (Å²) in [4.78, 5) is 19.4. The molecule has 1 N–H and O–H groups in total. The first kappa shape index (κ1) is 18.3. The van der Waals surface area contributed by atoms with Crippen molar-refractivity contribution in [2.45, 2.75) is 23.0 Å². The van der Waals surface area contributed by atoms with Crippen molar-refractivity contribution < 1.29 is 8.42 Å². The standard InChI is InChI=1S/C20H19N5O2S2/c26-29(27,15-5-3-14(4-6-15)17-2-1-11-28-17)16-7-9-25(10-8-16)20-18-19(22-12-21-18)23-13-24-20/h1-6,11-13,16H,7-10H2,(H,21,22,23,24). The number of thiophene rings is 1. The van der Waals surface area contributed by atoms with Gasteiger partial charge in [0.2, 0.25) is 0 Å². The molecular formula is C20H19N5O2S2. The Labute approximate surface area is 172 Å². The molecule has 9 heteroatoms. The van der Waals surface area contributed by atoms with E-state index in [2.05, 4.69) is 24.8 Å². The third-order valence-electron chi connectivity index (χ3n) is 5.37. The van der Waals surface area contributed by atoms with Gasteiger partial charge in [0.15, 0.2) is 21.3 Å². The Kier molecular flexibility index (Phi) is 4.56. The predicted octanol–water partition coefficient (Wildman–Crippen LogP) is 3.52. The SMILES string of the molecule is O=S(=O)(c1ccc(-c2cccs2)cc1)C1CCN(c2ncnc3nc[nH]c23)CC1. The van der Waals surface area contributed by atoms with Crippen LogP contribution in [0, 0.1) is 0 Å². The van der Waals surface area contributed by atoms with E-state index in [1.807, 2.05) is 29.6 Å². The summed E-state index contributed by atoms with van der Waals surface area (Å²) < 4.78 is 26.3. The fraction of sp³-hybridized carbons (Fsp3) is 0.250. The van der Waals surface area contributed by atoms with Crippen LogP contribution in [-0.4, -0.2) is 46.7 Å². The smallest absolute Gasteiger partial charge is 0.182 e. The largest absolute Gasteiger partial charge is 0.355 e. The van der Waals surface area contributed by atoms with Crippen molar-refractivity contribution in [1.29, 1.82) is 0 Å². The number of anilines is 1. The molecule has 1 fully saturated rings. The molecule has 0 radical (unpaired) electrons. The molecular weight excluding hydrogens is 406 g/mol. The summed E-state index contributed by atoms with van der Waals surface area (Å²) in [5, 5.41) is 1.63. The van der Waals surface area contributed by atoms with Gasteiger partial charge >= 0.3 is 0 Å². The van der Waals surface area contributed by atoms with Crippen LogP contribution in [0.4, 0.5) is 5.82 Å². The maximum absolute atomic E-state index is 13.1.